The lowest BCUT2D eigenvalue weighted by molar-refractivity contribution is -0.388. The van der Waals surface area contributed by atoms with Gasteiger partial charge in [0.2, 0.25) is 10.0 Å². The Morgan fingerprint density at radius 1 is 1.11 bits per heavy atom. The zero-order valence-electron chi connectivity index (χ0n) is 15.3. The van der Waals surface area contributed by atoms with Gasteiger partial charge in [-0.25, -0.2) is 8.42 Å². The van der Waals surface area contributed by atoms with Crippen LogP contribution in [0.5, 0.6) is 0 Å². The average Bonchev–Trinajstić information content (AvgIpc) is 2.61. The number of benzene rings is 2. The summed E-state index contributed by atoms with van der Waals surface area (Å²) in [5.41, 5.74) is 7.04. The maximum absolute atomic E-state index is 13.3. The summed E-state index contributed by atoms with van der Waals surface area (Å²) in [6.07, 6.45) is 0.463. The molecule has 0 atom stereocenters. The van der Waals surface area contributed by atoms with E-state index >= 15 is 0 Å². The van der Waals surface area contributed by atoms with Gasteiger partial charge >= 0.3 is 0 Å². The largest absolute Gasteiger partial charge is 0.330 e. The van der Waals surface area contributed by atoms with Crippen LogP contribution < -0.4 is 5.73 Å². The molecule has 27 heavy (non-hydrogen) atoms. The monoisotopic (exact) mass is 413 g/mol. The second-order valence-electron chi connectivity index (χ2n) is 6.08. The van der Waals surface area contributed by atoms with E-state index in [1.807, 2.05) is 30.3 Å². The number of rotatable bonds is 8. The van der Waals surface area contributed by atoms with E-state index in [9.17, 15) is 18.5 Å². The summed E-state index contributed by atoms with van der Waals surface area (Å²) in [6.45, 7) is 3.99. The van der Waals surface area contributed by atoms with Crippen molar-refractivity contribution in [3.8, 4) is 0 Å². The molecule has 0 spiro atoms. The highest BCUT2D eigenvalue weighted by atomic mass is 35.5. The van der Waals surface area contributed by atoms with Gasteiger partial charge in [-0.2, -0.15) is 4.31 Å². The van der Waals surface area contributed by atoms with Crippen LogP contribution in [0.4, 0.5) is 5.69 Å². The Bertz CT molecular complexity index is 889. The predicted octanol–water partition coefficient (Wildman–Crippen LogP) is 3.17. The molecule has 2 rings (SSSR count). The zero-order valence-corrected chi connectivity index (χ0v) is 16.9. The zero-order chi connectivity index (χ0) is 19.3. The number of nitrogens with zero attached hydrogens (tertiary/aromatic N) is 2. The first-order valence-electron chi connectivity index (χ1n) is 8.27. The fourth-order valence-corrected chi connectivity index (χ4v) is 4.61. The van der Waals surface area contributed by atoms with Crippen molar-refractivity contribution >= 4 is 28.1 Å². The van der Waals surface area contributed by atoms with Gasteiger partial charge < -0.3 is 5.73 Å². The molecule has 0 aliphatic heterocycles. The molecule has 0 bridgehead atoms. The van der Waals surface area contributed by atoms with Crippen molar-refractivity contribution in [3.05, 3.63) is 69.3 Å². The smallest absolute Gasteiger partial charge is 0.289 e. The molecular formula is C18H24ClN3O4S. The lowest BCUT2D eigenvalue weighted by Crippen LogP contribution is -2.33. The highest BCUT2D eigenvalue weighted by Gasteiger charge is 2.33. The molecule has 0 heterocycles. The summed E-state index contributed by atoms with van der Waals surface area (Å²) in [4.78, 5) is 10.5. The van der Waals surface area contributed by atoms with Crippen LogP contribution in [-0.4, -0.2) is 30.7 Å². The van der Waals surface area contributed by atoms with E-state index in [1.165, 1.54) is 10.4 Å². The van der Waals surface area contributed by atoms with Gasteiger partial charge in [0.05, 0.1) is 4.92 Å². The minimum atomic E-state index is -4.06. The van der Waals surface area contributed by atoms with Gasteiger partial charge in [-0.1, -0.05) is 36.4 Å². The number of nitrogens with two attached hydrogens (primary N) is 1. The number of aryl methyl sites for hydroxylation is 1. The molecule has 0 fully saturated rings. The number of hydrogen-bond donors (Lipinski definition) is 1. The Morgan fingerprint density at radius 2 is 1.74 bits per heavy atom. The summed E-state index contributed by atoms with van der Waals surface area (Å²) in [7, 11) is -4.06. The SMILES string of the molecule is Cc1ccc([N+](=O)[O-])c(S(=O)(=O)N(CCCN)Cc2ccccc2)c1C.Cl. The molecule has 0 aliphatic rings. The maximum Gasteiger partial charge on any atom is 0.289 e. The Hall–Kier alpha value is -2.00. The third-order valence-electron chi connectivity index (χ3n) is 4.26. The van der Waals surface area contributed by atoms with Gasteiger partial charge in [0.15, 0.2) is 4.90 Å². The minimum absolute atomic E-state index is 0. The highest BCUT2D eigenvalue weighted by Crippen LogP contribution is 2.32. The van der Waals surface area contributed by atoms with E-state index in [2.05, 4.69) is 0 Å². The fourth-order valence-electron chi connectivity index (χ4n) is 2.71. The van der Waals surface area contributed by atoms with Crippen molar-refractivity contribution in [1.29, 1.82) is 0 Å². The van der Waals surface area contributed by atoms with Gasteiger partial charge in [0.1, 0.15) is 0 Å². The molecule has 2 aromatic carbocycles. The average molecular weight is 414 g/mol. The second-order valence-corrected chi connectivity index (χ2v) is 7.95. The topological polar surface area (TPSA) is 107 Å². The Labute approximate surface area is 165 Å². The van der Waals surface area contributed by atoms with Gasteiger partial charge in [0.25, 0.3) is 5.69 Å². The first-order valence-corrected chi connectivity index (χ1v) is 9.71. The molecule has 0 amide bonds. The standard InChI is InChI=1S/C18H23N3O4S.ClH/c1-14-9-10-17(21(22)23)18(15(14)2)26(24,25)20(12-6-11-19)13-16-7-4-3-5-8-16;/h3-5,7-10H,6,11-13,19H2,1-2H3;1H. The van der Waals surface area contributed by atoms with Crippen LogP contribution >= 0.6 is 12.4 Å². The Morgan fingerprint density at radius 3 is 2.30 bits per heavy atom. The third kappa shape index (κ3) is 5.26. The number of nitro benzene ring substituents is 1. The molecule has 148 valence electrons. The summed E-state index contributed by atoms with van der Waals surface area (Å²) in [5, 5.41) is 11.4. The van der Waals surface area contributed by atoms with Crippen molar-refractivity contribution < 1.29 is 13.3 Å². The Balaban J connectivity index is 0.00000364. The second kappa shape index (κ2) is 9.80. The third-order valence-corrected chi connectivity index (χ3v) is 6.29. The van der Waals surface area contributed by atoms with Crippen molar-refractivity contribution in [2.75, 3.05) is 13.1 Å². The molecule has 2 N–H and O–H groups in total. The van der Waals surface area contributed by atoms with Crippen molar-refractivity contribution in [2.45, 2.75) is 31.7 Å². The van der Waals surface area contributed by atoms with Crippen molar-refractivity contribution in [3.63, 3.8) is 0 Å². The van der Waals surface area contributed by atoms with Crippen LogP contribution in [0.1, 0.15) is 23.1 Å². The molecule has 0 unspecified atom stereocenters. The van der Waals surface area contributed by atoms with Crippen LogP contribution in [0.3, 0.4) is 0 Å². The first-order chi connectivity index (χ1) is 12.3. The summed E-state index contributed by atoms with van der Waals surface area (Å²) in [5.74, 6) is 0. The predicted molar refractivity (Wildman–Crippen MR) is 108 cm³/mol. The number of sulfonamides is 1. The van der Waals surface area contributed by atoms with Crippen LogP contribution in [-0.2, 0) is 16.6 Å². The summed E-state index contributed by atoms with van der Waals surface area (Å²) >= 11 is 0. The molecule has 7 nitrogen and oxygen atoms in total. The summed E-state index contributed by atoms with van der Waals surface area (Å²) in [6, 6.07) is 11.9. The van der Waals surface area contributed by atoms with E-state index in [0.29, 0.717) is 24.1 Å². The van der Waals surface area contributed by atoms with Gasteiger partial charge in [-0.3, -0.25) is 10.1 Å². The minimum Gasteiger partial charge on any atom is -0.330 e. The summed E-state index contributed by atoms with van der Waals surface area (Å²) < 4.78 is 27.9. The fraction of sp³-hybridized carbons (Fsp3) is 0.333. The van der Waals surface area contributed by atoms with Crippen LogP contribution in [0.15, 0.2) is 47.4 Å². The number of hydrogen-bond acceptors (Lipinski definition) is 5. The molecule has 0 saturated heterocycles. The lowest BCUT2D eigenvalue weighted by Gasteiger charge is -2.23. The number of nitro groups is 1. The molecule has 9 heteroatoms. The molecule has 0 saturated carbocycles. The molecule has 0 aliphatic carbocycles. The van der Waals surface area contributed by atoms with Gasteiger partial charge in [-0.05, 0) is 43.5 Å². The normalized spacial score (nSPS) is 11.3. The van der Waals surface area contributed by atoms with Crippen LogP contribution in [0.25, 0.3) is 0 Å². The van der Waals surface area contributed by atoms with E-state index in [1.54, 1.807) is 19.9 Å². The molecule has 0 aromatic heterocycles. The first kappa shape index (κ1) is 23.0. The molecule has 0 radical (unpaired) electrons. The molecule has 2 aromatic rings. The molecular weight excluding hydrogens is 390 g/mol. The van der Waals surface area contributed by atoms with Gasteiger partial charge in [-0.15, -0.1) is 12.4 Å². The van der Waals surface area contributed by atoms with E-state index in [4.69, 9.17) is 5.73 Å². The van der Waals surface area contributed by atoms with E-state index in [-0.39, 0.29) is 30.4 Å². The van der Waals surface area contributed by atoms with Crippen molar-refractivity contribution in [1.82, 2.24) is 4.31 Å². The Kier molecular flexibility index (Phi) is 8.36. The van der Waals surface area contributed by atoms with Crippen LogP contribution in [0, 0.1) is 24.0 Å². The van der Waals surface area contributed by atoms with Gasteiger partial charge in [0, 0.05) is 19.2 Å². The highest BCUT2D eigenvalue weighted by molar-refractivity contribution is 7.89. The van der Waals surface area contributed by atoms with E-state index < -0.39 is 20.6 Å². The van der Waals surface area contributed by atoms with Crippen LogP contribution in [0.2, 0.25) is 0 Å². The quantitative estimate of drug-likeness (QED) is 0.528. The lowest BCUT2D eigenvalue weighted by atomic mass is 10.1. The van der Waals surface area contributed by atoms with Crippen molar-refractivity contribution in [2.24, 2.45) is 5.73 Å². The maximum atomic E-state index is 13.3. The van der Waals surface area contributed by atoms with E-state index in [0.717, 1.165) is 5.56 Å². The number of halogens is 1.